The molecule has 0 atom stereocenters. The van der Waals surface area contributed by atoms with E-state index in [2.05, 4.69) is 0 Å². The zero-order valence-corrected chi connectivity index (χ0v) is 18.6. The highest BCUT2D eigenvalue weighted by molar-refractivity contribution is 7.89. The van der Waals surface area contributed by atoms with E-state index in [1.807, 2.05) is 39.0 Å². The number of rotatable bonds is 7. The summed E-state index contributed by atoms with van der Waals surface area (Å²) in [6.45, 7) is 7.38. The summed E-state index contributed by atoms with van der Waals surface area (Å²) in [6.07, 6.45) is 0. The SMILES string of the molecule is CCN(Cc1cccc2c1OCCO2)C(=O)c1ccc(S(=O)(=O)N(C)C(C)C)cc1. The molecule has 1 amide bonds. The van der Waals surface area contributed by atoms with Gasteiger partial charge in [-0.15, -0.1) is 0 Å². The minimum Gasteiger partial charge on any atom is -0.486 e. The lowest BCUT2D eigenvalue weighted by Crippen LogP contribution is -2.33. The first kappa shape index (κ1) is 22.1. The Morgan fingerprint density at radius 3 is 2.37 bits per heavy atom. The fourth-order valence-electron chi connectivity index (χ4n) is 3.19. The van der Waals surface area contributed by atoms with E-state index < -0.39 is 10.0 Å². The van der Waals surface area contributed by atoms with Gasteiger partial charge in [-0.05, 0) is 51.1 Å². The van der Waals surface area contributed by atoms with Gasteiger partial charge in [-0.25, -0.2) is 8.42 Å². The van der Waals surface area contributed by atoms with Crippen molar-refractivity contribution in [1.82, 2.24) is 9.21 Å². The molecule has 7 nitrogen and oxygen atoms in total. The Morgan fingerprint density at radius 1 is 1.07 bits per heavy atom. The number of hydrogen-bond donors (Lipinski definition) is 0. The highest BCUT2D eigenvalue weighted by Crippen LogP contribution is 2.34. The highest BCUT2D eigenvalue weighted by atomic mass is 32.2. The fraction of sp³-hybridized carbons (Fsp3) is 0.409. The van der Waals surface area contributed by atoms with E-state index in [9.17, 15) is 13.2 Å². The van der Waals surface area contributed by atoms with Gasteiger partial charge in [0.2, 0.25) is 10.0 Å². The molecule has 0 fully saturated rings. The number of sulfonamides is 1. The number of para-hydroxylation sites is 1. The van der Waals surface area contributed by atoms with E-state index in [1.54, 1.807) is 24.1 Å². The molecule has 1 aliphatic heterocycles. The number of carbonyl (C=O) groups excluding carboxylic acids is 1. The summed E-state index contributed by atoms with van der Waals surface area (Å²) in [4.78, 5) is 14.9. The Balaban J connectivity index is 1.80. The molecule has 30 heavy (non-hydrogen) atoms. The fourth-order valence-corrected chi connectivity index (χ4v) is 4.55. The normalized spacial score (nSPS) is 13.5. The van der Waals surface area contributed by atoms with Gasteiger partial charge in [0.1, 0.15) is 13.2 Å². The van der Waals surface area contributed by atoms with Gasteiger partial charge in [-0.3, -0.25) is 4.79 Å². The van der Waals surface area contributed by atoms with Crippen molar-refractivity contribution in [2.24, 2.45) is 0 Å². The first-order valence-electron chi connectivity index (χ1n) is 10.0. The molecule has 0 aliphatic carbocycles. The van der Waals surface area contributed by atoms with E-state index in [1.165, 1.54) is 16.4 Å². The predicted octanol–water partition coefficient (Wildman–Crippen LogP) is 3.15. The summed E-state index contributed by atoms with van der Waals surface area (Å²) in [5, 5.41) is 0. The summed E-state index contributed by atoms with van der Waals surface area (Å²) < 4.78 is 37.9. The maximum absolute atomic E-state index is 13.0. The molecule has 0 saturated carbocycles. The molecule has 0 radical (unpaired) electrons. The van der Waals surface area contributed by atoms with Crippen molar-refractivity contribution < 1.29 is 22.7 Å². The van der Waals surface area contributed by atoms with E-state index in [0.717, 1.165) is 5.56 Å². The van der Waals surface area contributed by atoms with Crippen molar-refractivity contribution in [1.29, 1.82) is 0 Å². The molecule has 0 bridgehead atoms. The Bertz CT molecular complexity index is 1000. The number of nitrogens with zero attached hydrogens (tertiary/aromatic N) is 2. The summed E-state index contributed by atoms with van der Waals surface area (Å²) in [7, 11) is -2.04. The predicted molar refractivity (Wildman–Crippen MR) is 114 cm³/mol. The molecule has 2 aromatic carbocycles. The third-order valence-corrected chi connectivity index (χ3v) is 7.23. The van der Waals surface area contributed by atoms with Gasteiger partial charge in [0, 0.05) is 37.3 Å². The molecular formula is C22H28N2O5S. The number of fused-ring (bicyclic) bond motifs is 1. The van der Waals surface area contributed by atoms with E-state index in [-0.39, 0.29) is 16.8 Å². The third-order valence-electron chi connectivity index (χ3n) is 5.18. The van der Waals surface area contributed by atoms with Crippen LogP contribution in [-0.4, -0.2) is 56.4 Å². The standard InChI is InChI=1S/C22H28N2O5S/c1-5-24(15-18-7-6-8-20-21(18)29-14-13-28-20)22(25)17-9-11-19(12-10-17)30(26,27)23(4)16(2)3/h6-12,16H,5,13-15H2,1-4H3. The molecule has 0 spiro atoms. The first-order valence-corrected chi connectivity index (χ1v) is 11.4. The summed E-state index contributed by atoms with van der Waals surface area (Å²) in [5.41, 5.74) is 1.31. The lowest BCUT2D eigenvalue weighted by atomic mass is 10.1. The zero-order chi connectivity index (χ0) is 21.9. The maximum atomic E-state index is 13.0. The van der Waals surface area contributed by atoms with Crippen LogP contribution in [-0.2, 0) is 16.6 Å². The lowest BCUT2D eigenvalue weighted by molar-refractivity contribution is 0.0749. The summed E-state index contributed by atoms with van der Waals surface area (Å²) in [5.74, 6) is 1.19. The van der Waals surface area contributed by atoms with Crippen molar-refractivity contribution >= 4 is 15.9 Å². The molecule has 0 aromatic heterocycles. The van der Waals surface area contributed by atoms with Crippen LogP contribution in [0.15, 0.2) is 47.4 Å². The van der Waals surface area contributed by atoms with E-state index >= 15 is 0 Å². The van der Waals surface area contributed by atoms with Crippen LogP contribution in [0, 0.1) is 0 Å². The molecule has 2 aromatic rings. The molecule has 162 valence electrons. The topological polar surface area (TPSA) is 76.1 Å². The van der Waals surface area contributed by atoms with Crippen LogP contribution in [0.4, 0.5) is 0 Å². The second kappa shape index (κ2) is 9.06. The molecule has 3 rings (SSSR count). The van der Waals surface area contributed by atoms with Gasteiger partial charge in [0.25, 0.3) is 5.91 Å². The van der Waals surface area contributed by atoms with Gasteiger partial charge in [-0.2, -0.15) is 4.31 Å². The first-order chi connectivity index (χ1) is 14.3. The minimum absolute atomic E-state index is 0.158. The average Bonchev–Trinajstić information content (AvgIpc) is 2.76. The number of benzene rings is 2. The van der Waals surface area contributed by atoms with Crippen LogP contribution in [0.3, 0.4) is 0 Å². The number of hydrogen-bond acceptors (Lipinski definition) is 5. The van der Waals surface area contributed by atoms with Crippen molar-refractivity contribution in [3.05, 3.63) is 53.6 Å². The van der Waals surface area contributed by atoms with Gasteiger partial charge in [0.05, 0.1) is 4.90 Å². The summed E-state index contributed by atoms with van der Waals surface area (Å²) in [6, 6.07) is 11.6. The highest BCUT2D eigenvalue weighted by Gasteiger charge is 2.24. The van der Waals surface area contributed by atoms with Crippen LogP contribution >= 0.6 is 0 Å². The van der Waals surface area contributed by atoms with E-state index in [0.29, 0.717) is 43.4 Å². The van der Waals surface area contributed by atoms with Crippen molar-refractivity contribution in [3.8, 4) is 11.5 Å². The molecular weight excluding hydrogens is 404 g/mol. The van der Waals surface area contributed by atoms with Crippen LogP contribution in [0.5, 0.6) is 11.5 Å². The molecule has 0 saturated heterocycles. The molecule has 8 heteroatoms. The van der Waals surface area contributed by atoms with Gasteiger partial charge in [0.15, 0.2) is 11.5 Å². The smallest absolute Gasteiger partial charge is 0.254 e. The second-order valence-corrected chi connectivity index (χ2v) is 9.40. The van der Waals surface area contributed by atoms with Crippen molar-refractivity contribution in [2.75, 3.05) is 26.8 Å². The lowest BCUT2D eigenvalue weighted by Gasteiger charge is -2.25. The number of amides is 1. The average molecular weight is 433 g/mol. The van der Waals surface area contributed by atoms with Crippen molar-refractivity contribution in [2.45, 2.75) is 38.3 Å². The van der Waals surface area contributed by atoms with Crippen LogP contribution in [0.2, 0.25) is 0 Å². The molecule has 1 aliphatic rings. The van der Waals surface area contributed by atoms with E-state index in [4.69, 9.17) is 9.47 Å². The van der Waals surface area contributed by atoms with Gasteiger partial charge >= 0.3 is 0 Å². The third kappa shape index (κ3) is 4.44. The molecule has 0 N–H and O–H groups in total. The monoisotopic (exact) mass is 432 g/mol. The Hall–Kier alpha value is -2.58. The molecule has 0 unspecified atom stereocenters. The Labute approximate surface area is 178 Å². The number of carbonyl (C=O) groups is 1. The Morgan fingerprint density at radius 2 is 1.73 bits per heavy atom. The van der Waals surface area contributed by atoms with Crippen LogP contribution in [0.1, 0.15) is 36.7 Å². The maximum Gasteiger partial charge on any atom is 0.254 e. The summed E-state index contributed by atoms with van der Waals surface area (Å²) >= 11 is 0. The minimum atomic E-state index is -3.59. The second-order valence-electron chi connectivity index (χ2n) is 7.40. The molecule has 1 heterocycles. The van der Waals surface area contributed by atoms with Gasteiger partial charge in [-0.1, -0.05) is 12.1 Å². The van der Waals surface area contributed by atoms with Crippen molar-refractivity contribution in [3.63, 3.8) is 0 Å². The quantitative estimate of drug-likeness (QED) is 0.672. The largest absolute Gasteiger partial charge is 0.486 e. The van der Waals surface area contributed by atoms with Crippen LogP contribution < -0.4 is 9.47 Å². The van der Waals surface area contributed by atoms with Crippen LogP contribution in [0.25, 0.3) is 0 Å². The van der Waals surface area contributed by atoms with Gasteiger partial charge < -0.3 is 14.4 Å². The number of ether oxygens (including phenoxy) is 2. The Kier molecular flexibility index (Phi) is 6.67. The zero-order valence-electron chi connectivity index (χ0n) is 17.8.